The van der Waals surface area contributed by atoms with Gasteiger partial charge in [-0.1, -0.05) is 29.3 Å². The van der Waals surface area contributed by atoms with E-state index in [9.17, 15) is 14.7 Å². The predicted octanol–water partition coefficient (Wildman–Crippen LogP) is 2.17. The smallest absolute Gasteiger partial charge is 0.549 e. The monoisotopic (exact) mass is 565 g/mol. The maximum absolute atomic E-state index is 12.6. The van der Waals surface area contributed by atoms with E-state index in [2.05, 4.69) is 5.32 Å². The van der Waals surface area contributed by atoms with Crippen molar-refractivity contribution >= 4 is 35.1 Å². The van der Waals surface area contributed by atoms with Crippen molar-refractivity contribution in [1.29, 1.82) is 0 Å². The van der Waals surface area contributed by atoms with Crippen LogP contribution in [0, 0.1) is 0 Å². The van der Waals surface area contributed by atoms with Crippen LogP contribution >= 0.6 is 23.2 Å². The van der Waals surface area contributed by atoms with Crippen molar-refractivity contribution in [1.82, 2.24) is 5.32 Å². The van der Waals surface area contributed by atoms with E-state index in [1.54, 1.807) is 42.5 Å². The van der Waals surface area contributed by atoms with Gasteiger partial charge >= 0.3 is 29.6 Å². The molecule has 3 aromatic rings. The molecule has 1 atom stereocenters. The molecule has 1 aliphatic heterocycles. The standard InChI is InChI=1S/C28H27Cl2NO6.Na/c1-16(2)36-24-13-19(29)6-3-17(24)9-11-31-27(32)18-4-7-20(8-5-18)37-26-15-25-22(14-23(26)30)21(28(33)34)10-12-35-25;/h3-8,13-16,21H,9-12H2,1-2H3,(H,31,32)(H,33,34);/q;+1/p-1. The number of carbonyl (C=O) groups is 2. The van der Waals surface area contributed by atoms with Crippen LogP contribution in [0.4, 0.5) is 0 Å². The van der Waals surface area contributed by atoms with Crippen molar-refractivity contribution in [2.45, 2.75) is 38.7 Å². The zero-order valence-corrected chi connectivity index (χ0v) is 24.9. The number of nitrogens with one attached hydrogen (secondary N) is 1. The largest absolute Gasteiger partial charge is 1.00 e. The van der Waals surface area contributed by atoms with Gasteiger partial charge in [-0.15, -0.1) is 0 Å². The summed E-state index contributed by atoms with van der Waals surface area (Å²) >= 11 is 12.4. The van der Waals surface area contributed by atoms with Crippen molar-refractivity contribution in [2.75, 3.05) is 13.2 Å². The molecule has 10 heteroatoms. The minimum absolute atomic E-state index is 0. The van der Waals surface area contributed by atoms with Gasteiger partial charge in [0.15, 0.2) is 0 Å². The Kier molecular flexibility index (Phi) is 10.8. The molecule has 0 spiro atoms. The number of benzene rings is 3. The summed E-state index contributed by atoms with van der Waals surface area (Å²) in [5.74, 6) is -0.275. The molecule has 0 fully saturated rings. The average Bonchev–Trinajstić information content (AvgIpc) is 2.85. The Morgan fingerprint density at radius 3 is 2.50 bits per heavy atom. The minimum Gasteiger partial charge on any atom is -0.549 e. The third kappa shape index (κ3) is 7.58. The molecule has 0 saturated heterocycles. The van der Waals surface area contributed by atoms with E-state index >= 15 is 0 Å². The van der Waals surface area contributed by atoms with Crippen LogP contribution in [-0.2, 0) is 11.2 Å². The van der Waals surface area contributed by atoms with Gasteiger partial charge in [0.05, 0.1) is 17.7 Å². The van der Waals surface area contributed by atoms with Crippen molar-refractivity contribution < 1.29 is 58.5 Å². The van der Waals surface area contributed by atoms with Gasteiger partial charge < -0.3 is 29.4 Å². The molecule has 0 radical (unpaired) electrons. The van der Waals surface area contributed by atoms with E-state index in [4.69, 9.17) is 37.4 Å². The molecule has 0 saturated carbocycles. The Hall–Kier alpha value is -2.42. The maximum Gasteiger partial charge on any atom is 1.00 e. The molecule has 38 heavy (non-hydrogen) atoms. The van der Waals surface area contributed by atoms with Crippen LogP contribution in [0.5, 0.6) is 23.0 Å². The molecular formula is C28H26Cl2NNaO6. The Balaban J connectivity index is 0.00000400. The quantitative estimate of drug-likeness (QED) is 0.399. The molecule has 0 bridgehead atoms. The molecule has 194 valence electrons. The number of ether oxygens (including phenoxy) is 3. The molecule has 0 aromatic heterocycles. The first kappa shape index (κ1) is 30.1. The summed E-state index contributed by atoms with van der Waals surface area (Å²) in [7, 11) is 0. The molecule has 1 aliphatic rings. The van der Waals surface area contributed by atoms with Gasteiger partial charge in [-0.05, 0) is 74.7 Å². The summed E-state index contributed by atoms with van der Waals surface area (Å²) in [6, 6.07) is 15.2. The first-order valence-electron chi connectivity index (χ1n) is 11.9. The second-order valence-electron chi connectivity index (χ2n) is 8.88. The fraction of sp³-hybridized carbons (Fsp3) is 0.286. The molecule has 1 heterocycles. The number of aliphatic carboxylic acids is 1. The summed E-state index contributed by atoms with van der Waals surface area (Å²) in [5.41, 5.74) is 1.90. The Morgan fingerprint density at radius 2 is 1.82 bits per heavy atom. The Bertz CT molecular complexity index is 1300. The summed E-state index contributed by atoms with van der Waals surface area (Å²) < 4.78 is 17.3. The van der Waals surface area contributed by atoms with Crippen LogP contribution in [-0.4, -0.2) is 31.1 Å². The van der Waals surface area contributed by atoms with Gasteiger partial charge in [-0.2, -0.15) is 0 Å². The Morgan fingerprint density at radius 1 is 1.08 bits per heavy atom. The second-order valence-corrected chi connectivity index (χ2v) is 9.72. The van der Waals surface area contributed by atoms with E-state index in [0.717, 1.165) is 5.56 Å². The van der Waals surface area contributed by atoms with Crippen LogP contribution in [0.25, 0.3) is 0 Å². The second kappa shape index (κ2) is 13.6. The maximum atomic E-state index is 12.6. The van der Waals surface area contributed by atoms with Crippen LogP contribution < -0.4 is 54.2 Å². The number of carboxylic acid groups (broad SMARTS) is 1. The number of hydrogen-bond donors (Lipinski definition) is 1. The van der Waals surface area contributed by atoms with Gasteiger partial charge in [-0.25, -0.2) is 0 Å². The van der Waals surface area contributed by atoms with Crippen molar-refractivity contribution in [3.63, 3.8) is 0 Å². The van der Waals surface area contributed by atoms with Crippen LogP contribution in [0.15, 0.2) is 54.6 Å². The number of fused-ring (bicyclic) bond motifs is 1. The SMILES string of the molecule is CC(C)Oc1cc(Cl)ccc1CCNC(=O)c1ccc(Oc2cc3c(cc2Cl)C(C(=O)[O-])CCO3)cc1.[Na+]. The van der Waals surface area contributed by atoms with Gasteiger partial charge in [-0.3, -0.25) is 4.79 Å². The van der Waals surface area contributed by atoms with Crippen LogP contribution in [0.2, 0.25) is 10.0 Å². The van der Waals surface area contributed by atoms with Gasteiger partial charge in [0.25, 0.3) is 5.91 Å². The topological polar surface area (TPSA) is 96.9 Å². The van der Waals surface area contributed by atoms with Crippen molar-refractivity contribution in [2.24, 2.45) is 0 Å². The predicted molar refractivity (Wildman–Crippen MR) is 139 cm³/mol. The summed E-state index contributed by atoms with van der Waals surface area (Å²) in [6.07, 6.45) is 0.918. The average molecular weight is 566 g/mol. The summed E-state index contributed by atoms with van der Waals surface area (Å²) in [6.45, 7) is 4.57. The van der Waals surface area contributed by atoms with Gasteiger partial charge in [0.1, 0.15) is 23.0 Å². The van der Waals surface area contributed by atoms with E-state index < -0.39 is 11.9 Å². The molecule has 1 N–H and O–H groups in total. The molecule has 3 aromatic carbocycles. The third-order valence-corrected chi connectivity index (χ3v) is 6.33. The number of halogens is 2. The third-order valence-electron chi connectivity index (χ3n) is 5.80. The number of carbonyl (C=O) groups excluding carboxylic acids is 2. The minimum atomic E-state index is -1.17. The molecule has 7 nitrogen and oxygen atoms in total. The van der Waals surface area contributed by atoms with E-state index in [0.29, 0.717) is 58.5 Å². The molecule has 1 unspecified atom stereocenters. The first-order valence-corrected chi connectivity index (χ1v) is 12.6. The molecule has 4 rings (SSSR count). The normalized spacial score (nSPS) is 14.1. The number of amides is 1. The van der Waals surface area contributed by atoms with Crippen molar-refractivity contribution in [3.05, 3.63) is 81.3 Å². The van der Waals surface area contributed by atoms with Crippen LogP contribution in [0.3, 0.4) is 0 Å². The van der Waals surface area contributed by atoms with E-state index in [1.807, 2.05) is 19.9 Å². The first-order chi connectivity index (χ1) is 17.7. The van der Waals surface area contributed by atoms with Crippen LogP contribution in [0.1, 0.15) is 47.7 Å². The van der Waals surface area contributed by atoms with Crippen molar-refractivity contribution in [3.8, 4) is 23.0 Å². The van der Waals surface area contributed by atoms with E-state index in [1.165, 1.54) is 6.07 Å². The zero-order valence-electron chi connectivity index (χ0n) is 21.4. The molecule has 1 amide bonds. The number of hydrogen-bond acceptors (Lipinski definition) is 6. The molecular weight excluding hydrogens is 540 g/mol. The number of carboxylic acids is 1. The number of rotatable bonds is 9. The zero-order chi connectivity index (χ0) is 26.5. The van der Waals surface area contributed by atoms with Gasteiger partial charge in [0.2, 0.25) is 0 Å². The summed E-state index contributed by atoms with van der Waals surface area (Å²) in [4.78, 5) is 24.0. The Labute approximate surface area is 253 Å². The van der Waals surface area contributed by atoms with E-state index in [-0.39, 0.29) is 53.2 Å². The summed E-state index contributed by atoms with van der Waals surface area (Å²) in [5, 5.41) is 15.2. The molecule has 0 aliphatic carbocycles. The van der Waals surface area contributed by atoms with Gasteiger partial charge in [0, 0.05) is 40.6 Å². The fourth-order valence-corrected chi connectivity index (χ4v) is 4.40. The fourth-order valence-electron chi connectivity index (χ4n) is 4.03.